The Bertz CT molecular complexity index is 1220. The topological polar surface area (TPSA) is 107 Å². The van der Waals surface area contributed by atoms with Gasteiger partial charge in [0.1, 0.15) is 0 Å². The van der Waals surface area contributed by atoms with E-state index in [2.05, 4.69) is 20.6 Å². The first kappa shape index (κ1) is 19.5. The van der Waals surface area contributed by atoms with Gasteiger partial charge in [-0.2, -0.15) is 5.21 Å². The Balaban J connectivity index is 1.96. The summed E-state index contributed by atoms with van der Waals surface area (Å²) in [6.07, 6.45) is 0. The zero-order chi connectivity index (χ0) is 21.1. The van der Waals surface area contributed by atoms with Crippen molar-refractivity contribution in [2.45, 2.75) is 0 Å². The van der Waals surface area contributed by atoms with Crippen LogP contribution in [0.1, 0.15) is 20.7 Å². The molecular weight excluding hydrogens is 404 g/mol. The molecule has 0 atom stereocenters. The third-order valence-corrected chi connectivity index (χ3v) is 5.69. The van der Waals surface area contributed by atoms with Gasteiger partial charge < -0.3 is 9.47 Å². The molecule has 0 saturated carbocycles. The minimum absolute atomic E-state index is 0.378. The van der Waals surface area contributed by atoms with Crippen LogP contribution in [0.5, 0.6) is 0 Å². The monoisotopic (exact) mass is 420 g/mol. The summed E-state index contributed by atoms with van der Waals surface area (Å²) >= 11 is 1.41. The molecule has 0 bridgehead atoms. The van der Waals surface area contributed by atoms with Crippen LogP contribution in [0.15, 0.2) is 54.6 Å². The average Bonchev–Trinajstić information content (AvgIpc) is 3.48. The number of carbonyl (C=O) groups is 2. The number of rotatable bonds is 5. The number of esters is 2. The van der Waals surface area contributed by atoms with Crippen LogP contribution in [-0.2, 0) is 9.47 Å². The molecule has 2 aromatic carbocycles. The summed E-state index contributed by atoms with van der Waals surface area (Å²) in [5, 5.41) is 14.3. The Morgan fingerprint density at radius 2 is 1.47 bits per heavy atom. The molecule has 4 aromatic rings. The maximum atomic E-state index is 12.3. The van der Waals surface area contributed by atoms with Gasteiger partial charge in [0.05, 0.1) is 25.3 Å². The minimum Gasteiger partial charge on any atom is -0.465 e. The van der Waals surface area contributed by atoms with Crippen LogP contribution in [0, 0.1) is 0 Å². The molecule has 2 heterocycles. The Kier molecular flexibility index (Phi) is 5.36. The van der Waals surface area contributed by atoms with Gasteiger partial charge in [-0.15, -0.1) is 21.5 Å². The van der Waals surface area contributed by atoms with Gasteiger partial charge in [0.25, 0.3) is 0 Å². The lowest BCUT2D eigenvalue weighted by atomic mass is 10.0. The molecule has 150 valence electrons. The van der Waals surface area contributed by atoms with E-state index in [1.165, 1.54) is 25.6 Å². The lowest BCUT2D eigenvalue weighted by molar-refractivity contribution is 0.0592. The molecule has 0 spiro atoms. The molecule has 0 aliphatic rings. The number of H-pyrrole nitrogens is 1. The van der Waals surface area contributed by atoms with Crippen LogP contribution < -0.4 is 0 Å². The fraction of sp³-hybridized carbons (Fsp3) is 0.0952. The van der Waals surface area contributed by atoms with E-state index in [1.54, 1.807) is 24.3 Å². The summed E-state index contributed by atoms with van der Waals surface area (Å²) < 4.78 is 9.86. The molecule has 30 heavy (non-hydrogen) atoms. The van der Waals surface area contributed by atoms with E-state index in [9.17, 15) is 9.59 Å². The average molecular weight is 420 g/mol. The number of hydrogen-bond acceptors (Lipinski definition) is 8. The summed E-state index contributed by atoms with van der Waals surface area (Å²) in [4.78, 5) is 26.2. The zero-order valence-corrected chi connectivity index (χ0v) is 16.9. The van der Waals surface area contributed by atoms with Gasteiger partial charge in [0.15, 0.2) is 0 Å². The Hall–Kier alpha value is -3.85. The number of aromatic amines is 1. The fourth-order valence-corrected chi connectivity index (χ4v) is 4.35. The van der Waals surface area contributed by atoms with Gasteiger partial charge in [-0.25, -0.2) is 9.59 Å². The molecular formula is C21H16N4O4S. The van der Waals surface area contributed by atoms with Crippen molar-refractivity contribution in [1.29, 1.82) is 0 Å². The predicted octanol–water partition coefficient (Wildman–Crippen LogP) is 3.84. The smallest absolute Gasteiger partial charge is 0.338 e. The Labute approximate surface area is 175 Å². The van der Waals surface area contributed by atoms with Crippen LogP contribution in [0.25, 0.3) is 32.3 Å². The van der Waals surface area contributed by atoms with Crippen LogP contribution in [-0.4, -0.2) is 46.8 Å². The van der Waals surface area contributed by atoms with Crippen molar-refractivity contribution in [3.8, 4) is 32.3 Å². The Morgan fingerprint density at radius 3 is 2.07 bits per heavy atom. The molecule has 4 rings (SSSR count). The number of hydrogen-bond donors (Lipinski definition) is 1. The first-order valence-electron chi connectivity index (χ1n) is 8.87. The number of thiophene rings is 1. The maximum absolute atomic E-state index is 12.3. The molecule has 1 N–H and O–H groups in total. The SMILES string of the molecule is COC(=O)c1ccccc1-c1cc(-c2nn[nH]n2)c(-c2ccccc2C(=O)OC)s1. The highest BCUT2D eigenvalue weighted by Gasteiger charge is 2.23. The highest BCUT2D eigenvalue weighted by molar-refractivity contribution is 7.19. The summed E-state index contributed by atoms with van der Waals surface area (Å²) in [6, 6.07) is 16.2. The molecule has 0 unspecified atom stereocenters. The minimum atomic E-state index is -0.449. The predicted molar refractivity (Wildman–Crippen MR) is 111 cm³/mol. The normalized spacial score (nSPS) is 10.6. The highest BCUT2D eigenvalue weighted by atomic mass is 32.1. The van der Waals surface area contributed by atoms with Gasteiger partial charge in [-0.1, -0.05) is 36.4 Å². The first-order valence-corrected chi connectivity index (χ1v) is 9.68. The Morgan fingerprint density at radius 1 is 0.867 bits per heavy atom. The second-order valence-electron chi connectivity index (χ2n) is 6.16. The summed E-state index contributed by atoms with van der Waals surface area (Å²) in [7, 11) is 2.68. The number of methoxy groups -OCH3 is 2. The van der Waals surface area contributed by atoms with Crippen molar-refractivity contribution >= 4 is 23.3 Å². The number of ether oxygens (including phenoxy) is 2. The first-order chi connectivity index (χ1) is 14.6. The number of nitrogens with zero attached hydrogens (tertiary/aromatic N) is 3. The molecule has 0 saturated heterocycles. The van der Waals surface area contributed by atoms with Crippen molar-refractivity contribution in [2.24, 2.45) is 0 Å². The molecule has 0 radical (unpaired) electrons. The standard InChI is InChI=1S/C21H16N4O4S/c1-28-20(26)14-9-5-3-7-12(14)17-11-16(19-22-24-25-23-19)18(30-17)13-8-4-6-10-15(13)21(27)29-2/h3-11H,1-2H3,(H,22,23,24,25). The zero-order valence-electron chi connectivity index (χ0n) is 16.1. The van der Waals surface area contributed by atoms with Crippen LogP contribution in [0.3, 0.4) is 0 Å². The molecule has 8 nitrogen and oxygen atoms in total. The van der Waals surface area contributed by atoms with Crippen molar-refractivity contribution < 1.29 is 19.1 Å². The van der Waals surface area contributed by atoms with E-state index >= 15 is 0 Å². The molecule has 2 aromatic heterocycles. The second kappa shape index (κ2) is 8.26. The van der Waals surface area contributed by atoms with Crippen molar-refractivity contribution in [2.75, 3.05) is 14.2 Å². The largest absolute Gasteiger partial charge is 0.465 e. The van der Waals surface area contributed by atoms with Gasteiger partial charge in [-0.05, 0) is 23.4 Å². The van der Waals surface area contributed by atoms with Crippen molar-refractivity contribution in [3.63, 3.8) is 0 Å². The van der Waals surface area contributed by atoms with Gasteiger partial charge in [0, 0.05) is 26.4 Å². The van der Waals surface area contributed by atoms with E-state index in [-0.39, 0.29) is 0 Å². The molecule has 0 fully saturated rings. The highest BCUT2D eigenvalue weighted by Crippen LogP contribution is 2.44. The van der Waals surface area contributed by atoms with Crippen LogP contribution in [0.2, 0.25) is 0 Å². The van der Waals surface area contributed by atoms with Crippen molar-refractivity contribution in [3.05, 3.63) is 65.7 Å². The van der Waals surface area contributed by atoms with E-state index in [4.69, 9.17) is 9.47 Å². The number of nitrogens with one attached hydrogen (secondary N) is 1. The third-order valence-electron chi connectivity index (χ3n) is 4.49. The molecule has 0 aliphatic carbocycles. The molecule has 0 aliphatic heterocycles. The third kappa shape index (κ3) is 3.46. The summed E-state index contributed by atoms with van der Waals surface area (Å²) in [6.45, 7) is 0. The number of tetrazole rings is 1. The lowest BCUT2D eigenvalue weighted by Crippen LogP contribution is -2.03. The lowest BCUT2D eigenvalue weighted by Gasteiger charge is -2.07. The summed E-state index contributed by atoms with van der Waals surface area (Å²) in [5.41, 5.74) is 2.92. The molecule has 0 amide bonds. The number of carbonyl (C=O) groups excluding carboxylic acids is 2. The van der Waals surface area contributed by atoms with E-state index < -0.39 is 11.9 Å². The van der Waals surface area contributed by atoms with Gasteiger partial charge >= 0.3 is 11.9 Å². The van der Waals surface area contributed by atoms with Crippen LogP contribution in [0.4, 0.5) is 0 Å². The summed E-state index contributed by atoms with van der Waals surface area (Å²) in [5.74, 6) is -0.506. The van der Waals surface area contributed by atoms with E-state index in [1.807, 2.05) is 30.3 Å². The number of aromatic nitrogens is 4. The van der Waals surface area contributed by atoms with Crippen LogP contribution >= 0.6 is 11.3 Å². The van der Waals surface area contributed by atoms with Gasteiger partial charge in [-0.3, -0.25) is 0 Å². The fourth-order valence-electron chi connectivity index (χ4n) is 3.12. The van der Waals surface area contributed by atoms with E-state index in [0.29, 0.717) is 33.6 Å². The quantitative estimate of drug-likeness (QED) is 0.489. The van der Waals surface area contributed by atoms with Gasteiger partial charge in [0.2, 0.25) is 5.82 Å². The molecule has 9 heteroatoms. The number of benzene rings is 2. The maximum Gasteiger partial charge on any atom is 0.338 e. The van der Waals surface area contributed by atoms with E-state index in [0.717, 1.165) is 9.75 Å². The van der Waals surface area contributed by atoms with Crippen molar-refractivity contribution in [1.82, 2.24) is 20.6 Å². The second-order valence-corrected chi connectivity index (χ2v) is 7.22.